The molecule has 0 spiro atoms. The molecule has 0 N–H and O–H groups in total. The molecule has 1 aliphatic heterocycles. The van der Waals surface area contributed by atoms with Crippen LogP contribution in [0.3, 0.4) is 0 Å². The number of rotatable bonds is 1. The molecule has 3 rings (SSSR count). The van der Waals surface area contributed by atoms with Crippen molar-refractivity contribution in [2.45, 2.75) is 38.9 Å². The summed E-state index contributed by atoms with van der Waals surface area (Å²) in [6, 6.07) is 5.67. The summed E-state index contributed by atoms with van der Waals surface area (Å²) in [4.78, 5) is 0. The van der Waals surface area contributed by atoms with Crippen LogP contribution in [0.25, 0.3) is 11.0 Å². The van der Waals surface area contributed by atoms with E-state index in [0.29, 0.717) is 11.0 Å². The zero-order valence-electron chi connectivity index (χ0n) is 10.9. The predicted molar refractivity (Wildman–Crippen MR) is 67.5 cm³/mol. The van der Waals surface area contributed by atoms with E-state index in [-0.39, 0.29) is 11.2 Å². The first-order valence-electron chi connectivity index (χ1n) is 5.97. The van der Waals surface area contributed by atoms with E-state index >= 15 is 0 Å². The third kappa shape index (κ3) is 1.56. The average Bonchev–Trinajstić information content (AvgIpc) is 2.81. The lowest BCUT2D eigenvalue weighted by Crippen LogP contribution is -2.41. The molecule has 1 aromatic carbocycles. The molecule has 1 aliphatic rings. The molecule has 6 heteroatoms. The van der Waals surface area contributed by atoms with Gasteiger partial charge in [0, 0.05) is 5.46 Å². The van der Waals surface area contributed by atoms with Crippen molar-refractivity contribution >= 4 is 23.6 Å². The summed E-state index contributed by atoms with van der Waals surface area (Å²) in [7, 11) is -0.439. The second-order valence-electron chi connectivity index (χ2n) is 5.57. The largest absolute Gasteiger partial charge is 0.497 e. The van der Waals surface area contributed by atoms with Crippen LogP contribution in [0, 0.1) is 0 Å². The number of nitrogens with zero attached hydrogens (tertiary/aromatic N) is 2. The summed E-state index contributed by atoms with van der Waals surface area (Å²) in [5.41, 5.74) is 1.53. The molecule has 0 amide bonds. The van der Waals surface area contributed by atoms with Gasteiger partial charge in [0.25, 0.3) is 0 Å². The Morgan fingerprint density at radius 3 is 2.33 bits per heavy atom. The fourth-order valence-electron chi connectivity index (χ4n) is 1.99. The highest BCUT2D eigenvalue weighted by Gasteiger charge is 2.52. The molecule has 1 aromatic heterocycles. The van der Waals surface area contributed by atoms with Crippen molar-refractivity contribution in [2.75, 3.05) is 0 Å². The Bertz CT molecular complexity index is 578. The lowest BCUT2D eigenvalue weighted by atomic mass is 9.78. The first-order chi connectivity index (χ1) is 8.41. The minimum Gasteiger partial charge on any atom is -0.399 e. The summed E-state index contributed by atoms with van der Waals surface area (Å²) < 4.78 is 16.7. The Morgan fingerprint density at radius 2 is 1.67 bits per heavy atom. The van der Waals surface area contributed by atoms with Crippen molar-refractivity contribution in [1.82, 2.24) is 10.3 Å². The van der Waals surface area contributed by atoms with Gasteiger partial charge in [0.05, 0.1) is 11.2 Å². The van der Waals surface area contributed by atoms with Crippen molar-refractivity contribution in [1.29, 1.82) is 0 Å². The van der Waals surface area contributed by atoms with Gasteiger partial charge in [0.2, 0.25) is 0 Å². The molecule has 0 unspecified atom stereocenters. The third-order valence-electron chi connectivity index (χ3n) is 3.82. The monoisotopic (exact) mass is 246 g/mol. The molecule has 0 aliphatic carbocycles. The Balaban J connectivity index is 2.05. The molecule has 0 bridgehead atoms. The van der Waals surface area contributed by atoms with Crippen LogP contribution in [0.5, 0.6) is 0 Å². The molecular weight excluding hydrogens is 231 g/mol. The fraction of sp³-hybridized carbons (Fsp3) is 0.500. The Kier molecular flexibility index (Phi) is 2.31. The van der Waals surface area contributed by atoms with Crippen molar-refractivity contribution in [3.05, 3.63) is 18.2 Å². The molecule has 1 fully saturated rings. The number of aromatic nitrogens is 2. The first-order valence-corrected chi connectivity index (χ1v) is 5.97. The summed E-state index contributed by atoms with van der Waals surface area (Å²) in [5, 5.41) is 7.74. The minimum atomic E-state index is -0.439. The molecule has 5 nitrogen and oxygen atoms in total. The van der Waals surface area contributed by atoms with Crippen molar-refractivity contribution in [2.24, 2.45) is 0 Å². The van der Waals surface area contributed by atoms with E-state index in [0.717, 1.165) is 5.46 Å². The number of hydrogen-bond acceptors (Lipinski definition) is 5. The van der Waals surface area contributed by atoms with Crippen LogP contribution in [-0.2, 0) is 9.31 Å². The summed E-state index contributed by atoms with van der Waals surface area (Å²) in [6.07, 6.45) is 0. The van der Waals surface area contributed by atoms with Crippen LogP contribution < -0.4 is 5.46 Å². The highest BCUT2D eigenvalue weighted by atomic mass is 16.7. The topological polar surface area (TPSA) is 57.4 Å². The van der Waals surface area contributed by atoms with E-state index in [1.807, 2.05) is 45.9 Å². The maximum atomic E-state index is 6.00. The Morgan fingerprint density at radius 1 is 1.00 bits per heavy atom. The second-order valence-corrected chi connectivity index (χ2v) is 5.57. The zero-order chi connectivity index (χ0) is 13.0. The van der Waals surface area contributed by atoms with Gasteiger partial charge in [-0.2, -0.15) is 0 Å². The van der Waals surface area contributed by atoms with Gasteiger partial charge in [0.1, 0.15) is 11.0 Å². The summed E-state index contributed by atoms with van der Waals surface area (Å²) in [6.45, 7) is 8.09. The van der Waals surface area contributed by atoms with Gasteiger partial charge in [-0.25, -0.2) is 4.63 Å². The molecule has 18 heavy (non-hydrogen) atoms. The van der Waals surface area contributed by atoms with Crippen LogP contribution >= 0.6 is 0 Å². The maximum absolute atomic E-state index is 6.00. The number of hydrogen-bond donors (Lipinski definition) is 0. The normalized spacial score (nSPS) is 21.7. The SMILES string of the molecule is CC1(C)OB(c2cccc3nonc23)OC1(C)C. The molecule has 2 aromatic rings. The molecule has 0 saturated carbocycles. The maximum Gasteiger partial charge on any atom is 0.497 e. The van der Waals surface area contributed by atoms with Gasteiger partial charge in [-0.05, 0) is 38.9 Å². The second kappa shape index (κ2) is 3.55. The van der Waals surface area contributed by atoms with E-state index in [9.17, 15) is 0 Å². The fourth-order valence-corrected chi connectivity index (χ4v) is 1.99. The molecule has 1 saturated heterocycles. The molecule has 2 heterocycles. The van der Waals surface area contributed by atoms with Gasteiger partial charge in [-0.15, -0.1) is 0 Å². The predicted octanol–water partition coefficient (Wildman–Crippen LogP) is 1.52. The van der Waals surface area contributed by atoms with Crippen molar-refractivity contribution in [3.63, 3.8) is 0 Å². The van der Waals surface area contributed by atoms with Crippen LogP contribution in [-0.4, -0.2) is 28.6 Å². The lowest BCUT2D eigenvalue weighted by Gasteiger charge is -2.32. The average molecular weight is 246 g/mol. The summed E-state index contributed by atoms with van der Waals surface area (Å²) >= 11 is 0. The number of benzene rings is 1. The zero-order valence-corrected chi connectivity index (χ0v) is 10.9. The van der Waals surface area contributed by atoms with E-state index in [2.05, 4.69) is 10.3 Å². The van der Waals surface area contributed by atoms with Gasteiger partial charge < -0.3 is 9.31 Å². The number of fused-ring (bicyclic) bond motifs is 1. The van der Waals surface area contributed by atoms with E-state index in [1.165, 1.54) is 0 Å². The smallest absolute Gasteiger partial charge is 0.399 e. The lowest BCUT2D eigenvalue weighted by molar-refractivity contribution is 0.00578. The van der Waals surface area contributed by atoms with Gasteiger partial charge in [0.15, 0.2) is 0 Å². The van der Waals surface area contributed by atoms with Gasteiger partial charge >= 0.3 is 7.12 Å². The van der Waals surface area contributed by atoms with Gasteiger partial charge in [-0.1, -0.05) is 17.3 Å². The molecule has 0 atom stereocenters. The first kappa shape index (κ1) is 11.7. The summed E-state index contributed by atoms with van der Waals surface area (Å²) in [5.74, 6) is 0. The third-order valence-corrected chi connectivity index (χ3v) is 3.82. The van der Waals surface area contributed by atoms with Crippen molar-refractivity contribution in [3.8, 4) is 0 Å². The van der Waals surface area contributed by atoms with Crippen LogP contribution in [0.1, 0.15) is 27.7 Å². The van der Waals surface area contributed by atoms with E-state index in [4.69, 9.17) is 13.9 Å². The van der Waals surface area contributed by atoms with E-state index < -0.39 is 7.12 Å². The highest BCUT2D eigenvalue weighted by Crippen LogP contribution is 2.36. The van der Waals surface area contributed by atoms with Crippen LogP contribution in [0.15, 0.2) is 22.8 Å². The minimum absolute atomic E-state index is 0.364. The molecule has 0 radical (unpaired) electrons. The quantitative estimate of drug-likeness (QED) is 0.714. The van der Waals surface area contributed by atoms with E-state index in [1.54, 1.807) is 0 Å². The van der Waals surface area contributed by atoms with Gasteiger partial charge in [-0.3, -0.25) is 0 Å². The molecule has 94 valence electrons. The van der Waals surface area contributed by atoms with Crippen molar-refractivity contribution < 1.29 is 13.9 Å². The van der Waals surface area contributed by atoms with Crippen LogP contribution in [0.4, 0.5) is 0 Å². The standard InChI is InChI=1S/C12H15BN2O3/c1-11(2)12(3,4)17-13(16-11)8-6-5-7-9-10(8)15-18-14-9/h5-7H,1-4H3. The Labute approximate surface area is 106 Å². The van der Waals surface area contributed by atoms with Crippen LogP contribution in [0.2, 0.25) is 0 Å². The Hall–Kier alpha value is -1.40. The molecular formula is C12H15BN2O3. The highest BCUT2D eigenvalue weighted by molar-refractivity contribution is 6.64.